The van der Waals surface area contributed by atoms with Crippen LogP contribution in [0.2, 0.25) is 0 Å². The number of rotatable bonds is 6. The molecule has 2 unspecified atom stereocenters. The van der Waals surface area contributed by atoms with E-state index in [1.807, 2.05) is 13.8 Å². The van der Waals surface area contributed by atoms with Gasteiger partial charge in [0.2, 0.25) is 5.91 Å². The average Bonchev–Trinajstić information content (AvgIpc) is 2.65. The number of carbonyl (C=O) groups excluding carboxylic acids is 2. The van der Waals surface area contributed by atoms with Crippen LogP contribution in [0.1, 0.15) is 43.5 Å². The summed E-state index contributed by atoms with van der Waals surface area (Å²) in [6, 6.07) is 5.15. The molecule has 6 nitrogen and oxygen atoms in total. The van der Waals surface area contributed by atoms with Crippen molar-refractivity contribution in [1.29, 1.82) is 0 Å². The molecule has 2 atom stereocenters. The third kappa shape index (κ3) is 4.80. The second-order valence-electron chi connectivity index (χ2n) is 6.71. The molecule has 7 heteroatoms. The molecule has 1 aliphatic rings. The Labute approximate surface area is 152 Å². The molecule has 1 N–H and O–H groups in total. The second kappa shape index (κ2) is 8.78. The molecular formula is C19H25FN2O4. The zero-order valence-electron chi connectivity index (χ0n) is 15.2. The number of likely N-dealkylation sites (tertiary alicyclic amines) is 1. The van der Waals surface area contributed by atoms with Crippen LogP contribution >= 0.6 is 0 Å². The van der Waals surface area contributed by atoms with Gasteiger partial charge in [-0.05, 0) is 50.5 Å². The van der Waals surface area contributed by atoms with Crippen LogP contribution in [0.4, 0.5) is 4.39 Å². The zero-order chi connectivity index (χ0) is 19.3. The summed E-state index contributed by atoms with van der Waals surface area (Å²) in [6.45, 7) is 4.17. The highest BCUT2D eigenvalue weighted by Crippen LogP contribution is 2.22. The predicted octanol–water partition coefficient (Wildman–Crippen LogP) is 2.39. The molecule has 0 saturated carbocycles. The third-order valence-corrected chi connectivity index (χ3v) is 4.86. The Bertz CT molecular complexity index is 662. The molecule has 26 heavy (non-hydrogen) atoms. The summed E-state index contributed by atoms with van der Waals surface area (Å²) in [5, 5.41) is 9.10. The third-order valence-electron chi connectivity index (χ3n) is 4.86. The van der Waals surface area contributed by atoms with Gasteiger partial charge in [0.15, 0.2) is 0 Å². The van der Waals surface area contributed by atoms with E-state index in [4.69, 9.17) is 5.11 Å². The number of aliphatic carboxylic acids is 1. The van der Waals surface area contributed by atoms with Crippen LogP contribution in [0.5, 0.6) is 0 Å². The van der Waals surface area contributed by atoms with E-state index >= 15 is 0 Å². The van der Waals surface area contributed by atoms with Gasteiger partial charge in [-0.2, -0.15) is 0 Å². The highest BCUT2D eigenvalue weighted by molar-refractivity contribution is 5.94. The number of halogens is 1. The van der Waals surface area contributed by atoms with E-state index < -0.39 is 17.7 Å². The molecule has 0 radical (unpaired) electrons. The summed E-state index contributed by atoms with van der Waals surface area (Å²) in [6.07, 6.45) is 1.95. The fourth-order valence-electron chi connectivity index (χ4n) is 3.19. The predicted molar refractivity (Wildman–Crippen MR) is 94.1 cm³/mol. The first-order valence-corrected chi connectivity index (χ1v) is 8.90. The van der Waals surface area contributed by atoms with E-state index in [2.05, 4.69) is 0 Å². The van der Waals surface area contributed by atoms with Crippen LogP contribution in [-0.4, -0.2) is 58.4 Å². The fraction of sp³-hybridized carbons (Fsp3) is 0.526. The number of nitrogens with zero attached hydrogens (tertiary/aromatic N) is 2. The Balaban J connectivity index is 2.10. The number of hydrogen-bond acceptors (Lipinski definition) is 3. The fourth-order valence-corrected chi connectivity index (χ4v) is 3.19. The number of carbonyl (C=O) groups is 3. The normalized spacial score (nSPS) is 18.3. The van der Waals surface area contributed by atoms with E-state index in [0.717, 1.165) is 0 Å². The Kier molecular flexibility index (Phi) is 6.71. The SMILES string of the molecule is CCC(C)N(CC(=O)O)C(=O)C1CCCN(C(=O)c2ccc(F)cc2)C1. The lowest BCUT2D eigenvalue weighted by Crippen LogP contribution is -2.50. The molecule has 0 bridgehead atoms. The topological polar surface area (TPSA) is 77.9 Å². The summed E-state index contributed by atoms with van der Waals surface area (Å²) < 4.78 is 13.0. The van der Waals surface area contributed by atoms with Gasteiger partial charge < -0.3 is 14.9 Å². The van der Waals surface area contributed by atoms with Crippen LogP contribution in [0.25, 0.3) is 0 Å². The largest absolute Gasteiger partial charge is 0.480 e. The molecule has 0 aliphatic carbocycles. The van der Waals surface area contributed by atoms with Gasteiger partial charge in [-0.3, -0.25) is 14.4 Å². The van der Waals surface area contributed by atoms with Gasteiger partial charge in [0.05, 0.1) is 5.92 Å². The monoisotopic (exact) mass is 364 g/mol. The molecular weight excluding hydrogens is 339 g/mol. The quantitative estimate of drug-likeness (QED) is 0.841. The van der Waals surface area contributed by atoms with Crippen molar-refractivity contribution in [2.45, 2.75) is 39.2 Å². The van der Waals surface area contributed by atoms with Gasteiger partial charge >= 0.3 is 5.97 Å². The molecule has 1 heterocycles. The minimum absolute atomic E-state index is 0.179. The number of carboxylic acids is 1. The maximum Gasteiger partial charge on any atom is 0.323 e. The van der Waals surface area contributed by atoms with E-state index in [1.54, 1.807) is 4.90 Å². The van der Waals surface area contributed by atoms with Gasteiger partial charge in [-0.25, -0.2) is 4.39 Å². The number of carboxylic acid groups (broad SMARTS) is 1. The van der Waals surface area contributed by atoms with Crippen molar-refractivity contribution in [3.63, 3.8) is 0 Å². The lowest BCUT2D eigenvalue weighted by atomic mass is 9.95. The lowest BCUT2D eigenvalue weighted by Gasteiger charge is -2.36. The van der Waals surface area contributed by atoms with Gasteiger partial charge in [0.25, 0.3) is 5.91 Å². The van der Waals surface area contributed by atoms with Crippen LogP contribution in [0.3, 0.4) is 0 Å². The highest BCUT2D eigenvalue weighted by atomic mass is 19.1. The maximum atomic E-state index is 13.0. The van der Waals surface area contributed by atoms with Crippen LogP contribution in [0, 0.1) is 11.7 Å². The van der Waals surface area contributed by atoms with Gasteiger partial charge in [0.1, 0.15) is 12.4 Å². The smallest absolute Gasteiger partial charge is 0.323 e. The first-order valence-electron chi connectivity index (χ1n) is 8.90. The van der Waals surface area contributed by atoms with Crippen molar-refractivity contribution in [2.24, 2.45) is 5.92 Å². The number of piperidine rings is 1. The summed E-state index contributed by atoms with van der Waals surface area (Å²) in [7, 11) is 0. The van der Waals surface area contributed by atoms with Crippen molar-refractivity contribution in [2.75, 3.05) is 19.6 Å². The van der Waals surface area contributed by atoms with Crippen molar-refractivity contribution in [1.82, 2.24) is 9.80 Å². The standard InChI is InChI=1S/C19H25FN2O4/c1-3-13(2)22(12-17(23)24)19(26)15-5-4-10-21(11-15)18(25)14-6-8-16(20)9-7-14/h6-9,13,15H,3-5,10-12H2,1-2H3,(H,23,24). The Morgan fingerprint density at radius 3 is 2.54 bits per heavy atom. The van der Waals surface area contributed by atoms with Crippen LogP contribution in [-0.2, 0) is 9.59 Å². The van der Waals surface area contributed by atoms with Crippen LogP contribution in [0.15, 0.2) is 24.3 Å². The van der Waals surface area contributed by atoms with Crippen molar-refractivity contribution in [3.8, 4) is 0 Å². The summed E-state index contributed by atoms with van der Waals surface area (Å²) >= 11 is 0. The molecule has 1 aromatic carbocycles. The van der Waals surface area contributed by atoms with Gasteiger partial charge in [-0.1, -0.05) is 6.92 Å². The van der Waals surface area contributed by atoms with E-state index in [-0.39, 0.29) is 30.9 Å². The Morgan fingerprint density at radius 1 is 1.31 bits per heavy atom. The molecule has 0 aromatic heterocycles. The minimum atomic E-state index is -1.05. The molecule has 2 rings (SSSR count). The lowest BCUT2D eigenvalue weighted by molar-refractivity contribution is -0.149. The maximum absolute atomic E-state index is 13.0. The highest BCUT2D eigenvalue weighted by Gasteiger charge is 2.33. The molecule has 2 amide bonds. The van der Waals surface area contributed by atoms with Gasteiger partial charge in [-0.15, -0.1) is 0 Å². The van der Waals surface area contributed by atoms with Gasteiger partial charge in [0, 0.05) is 24.7 Å². The first-order chi connectivity index (χ1) is 12.3. The Hall–Kier alpha value is -2.44. The van der Waals surface area contributed by atoms with E-state index in [9.17, 15) is 18.8 Å². The molecule has 1 aliphatic heterocycles. The summed E-state index contributed by atoms with van der Waals surface area (Å²) in [5.41, 5.74) is 0.379. The second-order valence-corrected chi connectivity index (χ2v) is 6.71. The number of benzene rings is 1. The first kappa shape index (κ1) is 19.9. The molecule has 1 fully saturated rings. The van der Waals surface area contributed by atoms with Crippen molar-refractivity contribution in [3.05, 3.63) is 35.6 Å². The summed E-state index contributed by atoms with van der Waals surface area (Å²) in [4.78, 5) is 39.6. The molecule has 142 valence electrons. The zero-order valence-corrected chi connectivity index (χ0v) is 15.2. The van der Waals surface area contributed by atoms with E-state index in [0.29, 0.717) is 31.4 Å². The average molecular weight is 364 g/mol. The Morgan fingerprint density at radius 2 is 1.96 bits per heavy atom. The molecule has 1 saturated heterocycles. The minimum Gasteiger partial charge on any atom is -0.480 e. The van der Waals surface area contributed by atoms with E-state index in [1.165, 1.54) is 29.2 Å². The summed E-state index contributed by atoms with van der Waals surface area (Å²) in [5.74, 6) is -2.34. The number of hydrogen-bond donors (Lipinski definition) is 1. The van der Waals surface area contributed by atoms with Crippen molar-refractivity contribution >= 4 is 17.8 Å². The molecule has 1 aromatic rings. The number of amides is 2. The van der Waals surface area contributed by atoms with Crippen LogP contribution < -0.4 is 0 Å². The van der Waals surface area contributed by atoms with Crippen molar-refractivity contribution < 1.29 is 23.9 Å². The molecule has 0 spiro atoms.